The normalized spacial score (nSPS) is 15.3. The van der Waals surface area contributed by atoms with E-state index in [1.54, 1.807) is 24.3 Å². The topological polar surface area (TPSA) is 102 Å². The predicted molar refractivity (Wildman–Crippen MR) is 71.6 cm³/mol. The van der Waals surface area contributed by atoms with Crippen molar-refractivity contribution >= 4 is 29.1 Å². The molecule has 0 saturated carbocycles. The minimum atomic E-state index is -0.415. The molecule has 0 spiro atoms. The van der Waals surface area contributed by atoms with Gasteiger partial charge in [0, 0.05) is 24.3 Å². The van der Waals surface area contributed by atoms with Gasteiger partial charge in [0.1, 0.15) is 13.2 Å². The summed E-state index contributed by atoms with van der Waals surface area (Å²) in [5.41, 5.74) is 6.76. The number of rotatable bonds is 4. The number of carbonyl (C=O) groups excluding carboxylic acids is 3. The average Bonchev–Trinajstić information content (AvgIpc) is 2.41. The zero-order valence-electron chi connectivity index (χ0n) is 10.8. The molecule has 1 aliphatic heterocycles. The molecule has 1 aliphatic rings. The van der Waals surface area contributed by atoms with Crippen LogP contribution in [0.1, 0.15) is 6.42 Å². The van der Waals surface area contributed by atoms with Crippen LogP contribution in [0.4, 0.5) is 11.4 Å². The van der Waals surface area contributed by atoms with Crippen molar-refractivity contribution in [3.63, 3.8) is 0 Å². The van der Waals surface area contributed by atoms with Crippen LogP contribution in [-0.4, -0.2) is 42.4 Å². The first-order valence-corrected chi connectivity index (χ1v) is 6.12. The summed E-state index contributed by atoms with van der Waals surface area (Å²) in [5, 5.41) is 2.66. The number of morpholine rings is 1. The molecule has 0 bridgehead atoms. The van der Waals surface area contributed by atoms with Crippen molar-refractivity contribution in [2.24, 2.45) is 0 Å². The van der Waals surface area contributed by atoms with Gasteiger partial charge in [-0.15, -0.1) is 0 Å². The molecule has 0 radical (unpaired) electrons. The van der Waals surface area contributed by atoms with Crippen LogP contribution in [-0.2, 0) is 19.1 Å². The molecule has 0 unspecified atom stereocenters. The van der Waals surface area contributed by atoms with Gasteiger partial charge in [0.05, 0.1) is 0 Å². The van der Waals surface area contributed by atoms with Gasteiger partial charge in [-0.1, -0.05) is 0 Å². The number of nitrogen functional groups attached to an aromatic ring is 1. The van der Waals surface area contributed by atoms with Gasteiger partial charge in [-0.25, -0.2) is 0 Å². The molecule has 1 aromatic rings. The number of nitrogens with one attached hydrogen (secondary N) is 1. The first kappa shape index (κ1) is 14.0. The van der Waals surface area contributed by atoms with Crippen LogP contribution in [0.5, 0.6) is 0 Å². The molecular weight excluding hydrogens is 262 g/mol. The van der Waals surface area contributed by atoms with Crippen LogP contribution in [0, 0.1) is 0 Å². The molecule has 3 N–H and O–H groups in total. The van der Waals surface area contributed by atoms with Crippen LogP contribution in [0.2, 0.25) is 0 Å². The van der Waals surface area contributed by atoms with E-state index in [9.17, 15) is 14.4 Å². The van der Waals surface area contributed by atoms with E-state index < -0.39 is 11.8 Å². The van der Waals surface area contributed by atoms with Gasteiger partial charge in [-0.3, -0.25) is 19.3 Å². The third-order valence-corrected chi connectivity index (χ3v) is 2.81. The fourth-order valence-corrected chi connectivity index (χ4v) is 1.77. The van der Waals surface area contributed by atoms with Crippen molar-refractivity contribution < 1.29 is 19.1 Å². The van der Waals surface area contributed by atoms with Crippen molar-refractivity contribution in [2.75, 3.05) is 30.8 Å². The van der Waals surface area contributed by atoms with Gasteiger partial charge in [0.15, 0.2) is 0 Å². The van der Waals surface area contributed by atoms with Gasteiger partial charge in [0.2, 0.25) is 5.91 Å². The molecule has 20 heavy (non-hydrogen) atoms. The Morgan fingerprint density at radius 2 is 1.80 bits per heavy atom. The van der Waals surface area contributed by atoms with E-state index in [-0.39, 0.29) is 32.1 Å². The maximum atomic E-state index is 11.7. The average molecular weight is 277 g/mol. The number of imide groups is 1. The number of nitrogens with two attached hydrogens (primary N) is 1. The molecule has 0 atom stereocenters. The molecule has 1 saturated heterocycles. The van der Waals surface area contributed by atoms with Gasteiger partial charge in [0.25, 0.3) is 11.8 Å². The van der Waals surface area contributed by atoms with E-state index in [1.807, 2.05) is 0 Å². The summed E-state index contributed by atoms with van der Waals surface area (Å²) in [6.07, 6.45) is 0.0435. The van der Waals surface area contributed by atoms with Gasteiger partial charge >= 0.3 is 0 Å². The van der Waals surface area contributed by atoms with Gasteiger partial charge in [-0.05, 0) is 24.3 Å². The lowest BCUT2D eigenvalue weighted by Gasteiger charge is -2.24. The Balaban J connectivity index is 1.84. The van der Waals surface area contributed by atoms with E-state index in [1.165, 1.54) is 0 Å². The number of anilines is 2. The molecule has 1 aromatic carbocycles. The number of carbonyl (C=O) groups is 3. The highest BCUT2D eigenvalue weighted by atomic mass is 16.5. The Bertz CT molecular complexity index is 511. The summed E-state index contributed by atoms with van der Waals surface area (Å²) < 4.78 is 4.78. The molecule has 2 rings (SSSR count). The number of nitrogens with zero attached hydrogens (tertiary/aromatic N) is 1. The summed E-state index contributed by atoms with van der Waals surface area (Å²) in [4.78, 5) is 35.7. The summed E-state index contributed by atoms with van der Waals surface area (Å²) >= 11 is 0. The standard InChI is InChI=1S/C13H15N3O4/c14-9-1-3-10(4-2-9)15-11(17)5-6-16-12(18)7-20-8-13(16)19/h1-4H,5-8,14H2,(H,15,17). The third-order valence-electron chi connectivity index (χ3n) is 2.81. The smallest absolute Gasteiger partial charge is 0.255 e. The zero-order valence-corrected chi connectivity index (χ0v) is 10.8. The van der Waals surface area contributed by atoms with Crippen molar-refractivity contribution in [3.05, 3.63) is 24.3 Å². The largest absolute Gasteiger partial charge is 0.399 e. The second-order valence-electron chi connectivity index (χ2n) is 4.35. The van der Waals surface area contributed by atoms with Crippen LogP contribution < -0.4 is 11.1 Å². The van der Waals surface area contributed by atoms with Crippen molar-refractivity contribution in [1.29, 1.82) is 0 Å². The Hall–Kier alpha value is -2.41. The minimum absolute atomic E-state index is 0.0435. The second-order valence-corrected chi connectivity index (χ2v) is 4.35. The van der Waals surface area contributed by atoms with Gasteiger partial charge < -0.3 is 15.8 Å². The molecule has 0 aromatic heterocycles. The Morgan fingerprint density at radius 3 is 2.40 bits per heavy atom. The van der Waals surface area contributed by atoms with Crippen molar-refractivity contribution in [3.8, 4) is 0 Å². The van der Waals surface area contributed by atoms with Crippen molar-refractivity contribution in [2.45, 2.75) is 6.42 Å². The second kappa shape index (κ2) is 6.16. The number of benzene rings is 1. The van der Waals surface area contributed by atoms with Gasteiger partial charge in [-0.2, -0.15) is 0 Å². The highest BCUT2D eigenvalue weighted by Crippen LogP contribution is 2.11. The molecule has 3 amide bonds. The Kier molecular flexibility index (Phi) is 4.31. The molecule has 7 nitrogen and oxygen atoms in total. The van der Waals surface area contributed by atoms with E-state index in [0.717, 1.165) is 4.90 Å². The fraction of sp³-hybridized carbons (Fsp3) is 0.308. The lowest BCUT2D eigenvalue weighted by Crippen LogP contribution is -2.47. The van der Waals surface area contributed by atoms with Crippen molar-refractivity contribution in [1.82, 2.24) is 4.90 Å². The third kappa shape index (κ3) is 3.55. The lowest BCUT2D eigenvalue weighted by atomic mass is 10.2. The van der Waals surface area contributed by atoms with Crippen LogP contribution >= 0.6 is 0 Å². The summed E-state index contributed by atoms with van der Waals surface area (Å²) in [6, 6.07) is 6.70. The zero-order chi connectivity index (χ0) is 14.5. The van der Waals surface area contributed by atoms with E-state index in [4.69, 9.17) is 10.5 Å². The van der Waals surface area contributed by atoms with Crippen LogP contribution in [0.3, 0.4) is 0 Å². The molecule has 1 heterocycles. The minimum Gasteiger partial charge on any atom is -0.399 e. The molecule has 0 aliphatic carbocycles. The first-order chi connectivity index (χ1) is 9.56. The summed E-state index contributed by atoms with van der Waals surface area (Å²) in [7, 11) is 0. The molecule has 7 heteroatoms. The maximum Gasteiger partial charge on any atom is 0.255 e. The Morgan fingerprint density at radius 1 is 1.20 bits per heavy atom. The highest BCUT2D eigenvalue weighted by Gasteiger charge is 2.26. The monoisotopic (exact) mass is 277 g/mol. The van der Waals surface area contributed by atoms with E-state index in [0.29, 0.717) is 11.4 Å². The summed E-state index contributed by atoms with van der Waals surface area (Å²) in [6.45, 7) is -0.182. The lowest BCUT2D eigenvalue weighted by molar-refractivity contribution is -0.158. The molecule has 106 valence electrons. The number of hydrogen-bond donors (Lipinski definition) is 2. The predicted octanol–water partition coefficient (Wildman–Crippen LogP) is -0.0172. The maximum absolute atomic E-state index is 11.7. The van der Waals surface area contributed by atoms with E-state index >= 15 is 0 Å². The quantitative estimate of drug-likeness (QED) is 0.595. The SMILES string of the molecule is Nc1ccc(NC(=O)CCN2C(=O)COCC2=O)cc1. The number of ether oxygens (including phenoxy) is 1. The summed E-state index contributed by atoms with van der Waals surface area (Å²) in [5.74, 6) is -1.11. The fourth-order valence-electron chi connectivity index (χ4n) is 1.77. The molecular formula is C13H15N3O4. The van der Waals surface area contributed by atoms with Crippen LogP contribution in [0.25, 0.3) is 0 Å². The first-order valence-electron chi connectivity index (χ1n) is 6.12. The van der Waals surface area contributed by atoms with E-state index in [2.05, 4.69) is 5.32 Å². The highest BCUT2D eigenvalue weighted by molar-refractivity contribution is 5.99. The number of amides is 3. The molecule has 1 fully saturated rings. The Labute approximate surface area is 115 Å². The number of hydrogen-bond acceptors (Lipinski definition) is 5. The van der Waals surface area contributed by atoms with Crippen LogP contribution in [0.15, 0.2) is 24.3 Å².